The van der Waals surface area contributed by atoms with Gasteiger partial charge >= 0.3 is 0 Å². The van der Waals surface area contributed by atoms with E-state index >= 15 is 0 Å². The molecule has 0 bridgehead atoms. The fourth-order valence-corrected chi connectivity index (χ4v) is 3.40. The number of benzene rings is 1. The molecular formula is C15H23NOS. The van der Waals surface area contributed by atoms with Gasteiger partial charge in [-0.2, -0.15) is 11.8 Å². The molecular weight excluding hydrogens is 242 g/mol. The van der Waals surface area contributed by atoms with Crippen LogP contribution < -0.4 is 10.1 Å². The van der Waals surface area contributed by atoms with Crippen LogP contribution in [0.1, 0.15) is 33.6 Å². The molecule has 18 heavy (non-hydrogen) atoms. The van der Waals surface area contributed by atoms with Crippen molar-refractivity contribution in [3.05, 3.63) is 24.3 Å². The summed E-state index contributed by atoms with van der Waals surface area (Å²) in [5, 5.41) is 4.33. The van der Waals surface area contributed by atoms with Crippen molar-refractivity contribution in [3.8, 4) is 5.75 Å². The second-order valence-corrected chi connectivity index (χ2v) is 6.62. The van der Waals surface area contributed by atoms with E-state index in [0.717, 1.165) is 11.4 Å². The molecule has 0 radical (unpaired) electrons. The molecule has 2 rings (SSSR count). The Morgan fingerprint density at radius 2 is 2.11 bits per heavy atom. The first kappa shape index (κ1) is 13.6. The van der Waals surface area contributed by atoms with E-state index in [4.69, 9.17) is 4.74 Å². The van der Waals surface area contributed by atoms with Crippen molar-refractivity contribution >= 4 is 17.4 Å². The SMILES string of the molecule is CC(C)Oc1ccccc1NC1CCCSC1C. The van der Waals surface area contributed by atoms with Crippen LogP contribution >= 0.6 is 11.8 Å². The van der Waals surface area contributed by atoms with Gasteiger partial charge in [-0.15, -0.1) is 0 Å². The van der Waals surface area contributed by atoms with Crippen molar-refractivity contribution in [2.75, 3.05) is 11.1 Å². The highest BCUT2D eigenvalue weighted by atomic mass is 32.2. The second kappa shape index (κ2) is 6.37. The maximum Gasteiger partial charge on any atom is 0.142 e. The molecule has 2 atom stereocenters. The molecule has 1 N–H and O–H groups in total. The lowest BCUT2D eigenvalue weighted by Gasteiger charge is -2.30. The normalized spacial score (nSPS) is 24.0. The number of hydrogen-bond donors (Lipinski definition) is 1. The first-order valence-corrected chi connectivity index (χ1v) is 7.85. The fourth-order valence-electron chi connectivity index (χ4n) is 2.26. The number of thioether (sulfide) groups is 1. The molecule has 1 aromatic rings. The van der Waals surface area contributed by atoms with Crippen molar-refractivity contribution in [1.29, 1.82) is 0 Å². The van der Waals surface area contributed by atoms with Crippen molar-refractivity contribution in [1.82, 2.24) is 0 Å². The molecule has 1 aliphatic rings. The van der Waals surface area contributed by atoms with Crippen LogP contribution in [0.25, 0.3) is 0 Å². The van der Waals surface area contributed by atoms with Gasteiger partial charge in [-0.3, -0.25) is 0 Å². The third-order valence-corrected chi connectivity index (χ3v) is 4.58. The van der Waals surface area contributed by atoms with E-state index < -0.39 is 0 Å². The molecule has 1 aliphatic heterocycles. The fraction of sp³-hybridized carbons (Fsp3) is 0.600. The maximum atomic E-state index is 5.85. The molecule has 0 saturated carbocycles. The van der Waals surface area contributed by atoms with Crippen LogP contribution in [0.15, 0.2) is 24.3 Å². The minimum absolute atomic E-state index is 0.214. The molecule has 2 nitrogen and oxygen atoms in total. The minimum Gasteiger partial charge on any atom is -0.489 e. The first-order valence-electron chi connectivity index (χ1n) is 6.80. The molecule has 1 aromatic carbocycles. The highest BCUT2D eigenvalue weighted by molar-refractivity contribution is 8.00. The molecule has 0 aromatic heterocycles. The number of nitrogens with one attached hydrogen (secondary N) is 1. The van der Waals surface area contributed by atoms with Gasteiger partial charge in [0.05, 0.1) is 11.8 Å². The van der Waals surface area contributed by atoms with E-state index in [2.05, 4.69) is 50.0 Å². The molecule has 100 valence electrons. The molecule has 1 saturated heterocycles. The average molecular weight is 265 g/mol. The summed E-state index contributed by atoms with van der Waals surface area (Å²) in [7, 11) is 0. The maximum absolute atomic E-state index is 5.85. The Kier molecular flexibility index (Phi) is 4.81. The number of ether oxygens (including phenoxy) is 1. The van der Waals surface area contributed by atoms with Crippen molar-refractivity contribution < 1.29 is 4.74 Å². The van der Waals surface area contributed by atoms with E-state index in [0.29, 0.717) is 11.3 Å². The summed E-state index contributed by atoms with van der Waals surface area (Å²) in [4.78, 5) is 0. The van der Waals surface area contributed by atoms with E-state index in [-0.39, 0.29) is 6.10 Å². The van der Waals surface area contributed by atoms with Crippen molar-refractivity contribution in [3.63, 3.8) is 0 Å². The number of para-hydroxylation sites is 2. The molecule has 1 heterocycles. The minimum atomic E-state index is 0.214. The third kappa shape index (κ3) is 3.58. The lowest BCUT2D eigenvalue weighted by molar-refractivity contribution is 0.243. The van der Waals surface area contributed by atoms with Crippen molar-refractivity contribution in [2.24, 2.45) is 0 Å². The standard InChI is InChI=1S/C15H23NOS/c1-11(2)17-15-9-5-4-7-14(15)16-13-8-6-10-18-12(13)3/h4-5,7,9,11-13,16H,6,8,10H2,1-3H3. The summed E-state index contributed by atoms with van der Waals surface area (Å²) in [6.07, 6.45) is 2.77. The highest BCUT2D eigenvalue weighted by Gasteiger charge is 2.22. The lowest BCUT2D eigenvalue weighted by Crippen LogP contribution is -2.33. The van der Waals surface area contributed by atoms with Gasteiger partial charge in [0.25, 0.3) is 0 Å². The first-order chi connectivity index (χ1) is 8.66. The zero-order chi connectivity index (χ0) is 13.0. The summed E-state index contributed by atoms with van der Waals surface area (Å²) in [5.41, 5.74) is 1.13. The Morgan fingerprint density at radius 1 is 1.33 bits per heavy atom. The molecule has 2 unspecified atom stereocenters. The van der Waals surface area contributed by atoms with Gasteiger partial charge in [0.1, 0.15) is 5.75 Å². The van der Waals surface area contributed by atoms with Crippen LogP contribution in [-0.4, -0.2) is 23.1 Å². The Balaban J connectivity index is 2.07. The average Bonchev–Trinajstić information content (AvgIpc) is 2.34. The van der Waals surface area contributed by atoms with Crippen molar-refractivity contribution in [2.45, 2.75) is 51.0 Å². The zero-order valence-electron chi connectivity index (χ0n) is 11.5. The largest absolute Gasteiger partial charge is 0.489 e. The molecule has 3 heteroatoms. The van der Waals surface area contributed by atoms with Crippen LogP contribution in [0.3, 0.4) is 0 Å². The van der Waals surface area contributed by atoms with Crippen LogP contribution in [0.5, 0.6) is 5.75 Å². The summed E-state index contributed by atoms with van der Waals surface area (Å²) in [6.45, 7) is 6.44. The van der Waals surface area contributed by atoms with Gasteiger partial charge < -0.3 is 10.1 Å². The summed E-state index contributed by atoms with van der Waals surface area (Å²) < 4.78 is 5.85. The van der Waals surface area contributed by atoms with Crippen LogP contribution in [0, 0.1) is 0 Å². The molecule has 0 spiro atoms. The molecule has 0 amide bonds. The van der Waals surface area contributed by atoms with Gasteiger partial charge in [0, 0.05) is 11.3 Å². The smallest absolute Gasteiger partial charge is 0.142 e. The Hall–Kier alpha value is -0.830. The molecule has 1 fully saturated rings. The second-order valence-electron chi connectivity index (χ2n) is 5.13. The molecule has 0 aliphatic carbocycles. The van der Waals surface area contributed by atoms with Gasteiger partial charge in [0.2, 0.25) is 0 Å². The lowest BCUT2D eigenvalue weighted by atomic mass is 10.1. The third-order valence-electron chi connectivity index (χ3n) is 3.20. The van der Waals surface area contributed by atoms with Crippen LogP contribution in [0.4, 0.5) is 5.69 Å². The van der Waals surface area contributed by atoms with Gasteiger partial charge in [0.15, 0.2) is 0 Å². The highest BCUT2D eigenvalue weighted by Crippen LogP contribution is 2.31. The number of hydrogen-bond acceptors (Lipinski definition) is 3. The number of anilines is 1. The van der Waals surface area contributed by atoms with Crippen LogP contribution in [-0.2, 0) is 0 Å². The predicted octanol–water partition coefficient (Wildman–Crippen LogP) is 4.17. The Bertz CT molecular complexity index is 381. The zero-order valence-corrected chi connectivity index (χ0v) is 12.3. The summed E-state index contributed by atoms with van der Waals surface area (Å²) >= 11 is 2.06. The van der Waals surface area contributed by atoms with Gasteiger partial charge in [-0.25, -0.2) is 0 Å². The number of rotatable bonds is 4. The summed E-state index contributed by atoms with van der Waals surface area (Å²) in [5.74, 6) is 2.26. The van der Waals surface area contributed by atoms with E-state index in [9.17, 15) is 0 Å². The monoisotopic (exact) mass is 265 g/mol. The predicted molar refractivity (Wildman–Crippen MR) is 80.8 cm³/mol. The van der Waals surface area contributed by atoms with E-state index in [1.165, 1.54) is 18.6 Å². The van der Waals surface area contributed by atoms with E-state index in [1.807, 2.05) is 12.1 Å². The Morgan fingerprint density at radius 3 is 2.83 bits per heavy atom. The quantitative estimate of drug-likeness (QED) is 0.883. The van der Waals surface area contributed by atoms with Gasteiger partial charge in [-0.05, 0) is 44.6 Å². The summed E-state index contributed by atoms with van der Waals surface area (Å²) in [6, 6.07) is 8.81. The topological polar surface area (TPSA) is 21.3 Å². The van der Waals surface area contributed by atoms with Crippen LogP contribution in [0.2, 0.25) is 0 Å². The van der Waals surface area contributed by atoms with Gasteiger partial charge in [-0.1, -0.05) is 19.1 Å². The Labute approximate surface area is 114 Å². The van der Waals surface area contributed by atoms with E-state index in [1.54, 1.807) is 0 Å².